The van der Waals surface area contributed by atoms with Crippen LogP contribution in [0, 0.1) is 5.82 Å². The van der Waals surface area contributed by atoms with Gasteiger partial charge in [-0.05, 0) is 29.8 Å². The first-order chi connectivity index (χ1) is 8.16. The number of hydrogen-bond acceptors (Lipinski definition) is 3. The van der Waals surface area contributed by atoms with E-state index in [1.807, 2.05) is 0 Å². The van der Waals surface area contributed by atoms with Gasteiger partial charge in [-0.2, -0.15) is 0 Å². The van der Waals surface area contributed by atoms with Crippen LogP contribution in [-0.4, -0.2) is 15.1 Å². The van der Waals surface area contributed by atoms with Crippen LogP contribution in [-0.2, 0) is 6.42 Å². The van der Waals surface area contributed by atoms with Gasteiger partial charge in [-0.3, -0.25) is 0 Å². The first-order valence-corrected chi connectivity index (χ1v) is 5.43. The number of aliphatic hydroxyl groups excluding tert-OH is 1. The van der Waals surface area contributed by atoms with Gasteiger partial charge in [0.2, 0.25) is 0 Å². The molecule has 0 saturated carbocycles. The normalized spacial score (nSPS) is 12.4. The van der Waals surface area contributed by atoms with Crippen LogP contribution in [0.15, 0.2) is 36.7 Å². The molecular weight excluding hydrogens is 243 g/mol. The van der Waals surface area contributed by atoms with E-state index in [0.717, 1.165) is 0 Å². The molecule has 17 heavy (non-hydrogen) atoms. The van der Waals surface area contributed by atoms with Crippen LogP contribution in [0.1, 0.15) is 17.5 Å². The quantitative estimate of drug-likeness (QED) is 0.913. The summed E-state index contributed by atoms with van der Waals surface area (Å²) in [5.74, 6) is -0.128. The lowest BCUT2D eigenvalue weighted by atomic mass is 10.1. The van der Waals surface area contributed by atoms with E-state index >= 15 is 0 Å². The smallest absolute Gasteiger partial charge is 0.157 e. The summed E-state index contributed by atoms with van der Waals surface area (Å²) in [5, 5.41) is 10.3. The maximum Gasteiger partial charge on any atom is 0.157 e. The van der Waals surface area contributed by atoms with Crippen molar-refractivity contribution in [3.63, 3.8) is 0 Å². The Hall–Kier alpha value is -1.52. The van der Waals surface area contributed by atoms with Gasteiger partial charge in [0.1, 0.15) is 11.9 Å². The van der Waals surface area contributed by atoms with Crippen LogP contribution >= 0.6 is 11.6 Å². The molecule has 0 spiro atoms. The number of benzene rings is 1. The molecule has 1 unspecified atom stereocenters. The van der Waals surface area contributed by atoms with Gasteiger partial charge in [-0.15, -0.1) is 0 Å². The van der Waals surface area contributed by atoms with E-state index in [4.69, 9.17) is 11.6 Å². The van der Waals surface area contributed by atoms with E-state index in [1.54, 1.807) is 6.07 Å². The second-order valence-corrected chi connectivity index (χ2v) is 4.00. The third-order valence-electron chi connectivity index (χ3n) is 2.30. The maximum absolute atomic E-state index is 13.4. The van der Waals surface area contributed by atoms with Crippen LogP contribution in [0.5, 0.6) is 0 Å². The van der Waals surface area contributed by atoms with Crippen molar-refractivity contribution in [3.8, 4) is 0 Å². The third kappa shape index (κ3) is 2.99. The highest BCUT2D eigenvalue weighted by atomic mass is 35.5. The van der Waals surface area contributed by atoms with Crippen LogP contribution in [0.4, 0.5) is 4.39 Å². The predicted molar refractivity (Wildman–Crippen MR) is 62.1 cm³/mol. The summed E-state index contributed by atoms with van der Waals surface area (Å²) in [7, 11) is 0. The lowest BCUT2D eigenvalue weighted by molar-refractivity contribution is 0.167. The fourth-order valence-electron chi connectivity index (χ4n) is 1.48. The molecule has 1 aromatic heterocycles. The summed E-state index contributed by atoms with van der Waals surface area (Å²) in [6, 6.07) is 5.88. The fraction of sp³-hybridized carbons (Fsp3) is 0.167. The second-order valence-electron chi connectivity index (χ2n) is 3.56. The van der Waals surface area contributed by atoms with Gasteiger partial charge in [0.25, 0.3) is 0 Å². The minimum absolute atomic E-state index is 0.0937. The van der Waals surface area contributed by atoms with Gasteiger partial charge < -0.3 is 5.11 Å². The summed E-state index contributed by atoms with van der Waals surface area (Å²) >= 11 is 5.77. The molecule has 2 aromatic rings. The lowest BCUT2D eigenvalue weighted by Gasteiger charge is -2.09. The van der Waals surface area contributed by atoms with Gasteiger partial charge in [-0.1, -0.05) is 11.6 Å². The number of halogens is 2. The summed E-state index contributed by atoms with van der Waals surface area (Å²) in [6.07, 6.45) is 2.21. The number of hydrogen-bond donors (Lipinski definition) is 1. The van der Waals surface area contributed by atoms with Crippen molar-refractivity contribution in [2.45, 2.75) is 12.5 Å². The van der Waals surface area contributed by atoms with Crippen LogP contribution in [0.3, 0.4) is 0 Å². The van der Waals surface area contributed by atoms with Crippen LogP contribution in [0.25, 0.3) is 0 Å². The van der Waals surface area contributed by atoms with E-state index in [0.29, 0.717) is 10.6 Å². The largest absolute Gasteiger partial charge is 0.385 e. The van der Waals surface area contributed by atoms with E-state index in [9.17, 15) is 9.50 Å². The first kappa shape index (κ1) is 12.0. The van der Waals surface area contributed by atoms with Gasteiger partial charge in [0, 0.05) is 23.8 Å². The van der Waals surface area contributed by atoms with Crippen molar-refractivity contribution in [3.05, 3.63) is 58.9 Å². The van der Waals surface area contributed by atoms with Crippen molar-refractivity contribution < 1.29 is 9.50 Å². The molecule has 0 amide bonds. The molecule has 0 aliphatic heterocycles. The Bertz CT molecular complexity index is 507. The molecule has 0 saturated heterocycles. The second kappa shape index (κ2) is 5.21. The Balaban J connectivity index is 2.18. The number of rotatable bonds is 3. The molecule has 0 bridgehead atoms. The molecule has 3 nitrogen and oxygen atoms in total. The third-order valence-corrected chi connectivity index (χ3v) is 2.54. The Morgan fingerprint density at radius 3 is 2.71 bits per heavy atom. The van der Waals surface area contributed by atoms with Crippen molar-refractivity contribution in [1.82, 2.24) is 9.97 Å². The molecule has 0 fully saturated rings. The van der Waals surface area contributed by atoms with E-state index < -0.39 is 11.9 Å². The summed E-state index contributed by atoms with van der Waals surface area (Å²) in [4.78, 5) is 7.82. The molecule has 0 aliphatic rings. The highest BCUT2D eigenvalue weighted by molar-refractivity contribution is 6.30. The molecule has 1 aromatic carbocycles. The molecule has 0 aliphatic carbocycles. The van der Waals surface area contributed by atoms with Gasteiger partial charge in [0.05, 0.1) is 0 Å². The fourth-order valence-corrected chi connectivity index (χ4v) is 1.68. The molecule has 1 heterocycles. The highest BCUT2D eigenvalue weighted by Crippen LogP contribution is 2.20. The molecule has 88 valence electrons. The van der Waals surface area contributed by atoms with E-state index in [2.05, 4.69) is 9.97 Å². The van der Waals surface area contributed by atoms with Crippen molar-refractivity contribution in [2.75, 3.05) is 0 Å². The average molecular weight is 253 g/mol. The first-order valence-electron chi connectivity index (χ1n) is 5.05. The molecule has 2 rings (SSSR count). The zero-order valence-electron chi connectivity index (χ0n) is 8.85. The molecular formula is C12H10ClFN2O. The maximum atomic E-state index is 13.4. The molecule has 0 radical (unpaired) electrons. The zero-order chi connectivity index (χ0) is 12.3. The Labute approximate surface area is 103 Å². The van der Waals surface area contributed by atoms with Gasteiger partial charge >= 0.3 is 0 Å². The van der Waals surface area contributed by atoms with Crippen molar-refractivity contribution >= 4 is 11.6 Å². The zero-order valence-corrected chi connectivity index (χ0v) is 9.60. The van der Waals surface area contributed by atoms with Gasteiger partial charge in [-0.25, -0.2) is 14.4 Å². The Morgan fingerprint density at radius 1 is 1.29 bits per heavy atom. The van der Waals surface area contributed by atoms with Crippen LogP contribution in [0.2, 0.25) is 5.02 Å². The number of nitrogens with zero attached hydrogens (tertiary/aromatic N) is 2. The Kier molecular flexibility index (Phi) is 3.66. The predicted octanol–water partition coefficient (Wildman–Crippen LogP) is 2.55. The SMILES string of the molecule is OC(Cc1cc(Cl)ccc1F)c1ncccn1. The molecule has 5 heteroatoms. The van der Waals surface area contributed by atoms with E-state index in [-0.39, 0.29) is 12.2 Å². The van der Waals surface area contributed by atoms with Crippen LogP contribution < -0.4 is 0 Å². The van der Waals surface area contributed by atoms with E-state index in [1.165, 1.54) is 30.6 Å². The highest BCUT2D eigenvalue weighted by Gasteiger charge is 2.14. The standard InChI is InChI=1S/C12H10ClFN2O/c13-9-2-3-10(14)8(6-9)7-11(17)12-15-4-1-5-16-12/h1-6,11,17H,7H2. The average Bonchev–Trinajstić information content (AvgIpc) is 2.35. The summed E-state index contributed by atoms with van der Waals surface area (Å²) in [6.45, 7) is 0. The number of aliphatic hydroxyl groups is 1. The summed E-state index contributed by atoms with van der Waals surface area (Å²) in [5.41, 5.74) is 0.345. The van der Waals surface area contributed by atoms with Crippen molar-refractivity contribution in [1.29, 1.82) is 0 Å². The lowest BCUT2D eigenvalue weighted by Crippen LogP contribution is -2.07. The molecule has 1 atom stereocenters. The molecule has 1 N–H and O–H groups in total. The summed E-state index contributed by atoms with van der Waals surface area (Å²) < 4.78 is 13.4. The number of aromatic nitrogens is 2. The Morgan fingerprint density at radius 2 is 2.00 bits per heavy atom. The minimum atomic E-state index is -0.941. The monoisotopic (exact) mass is 252 g/mol. The topological polar surface area (TPSA) is 46.0 Å². The minimum Gasteiger partial charge on any atom is -0.385 e. The van der Waals surface area contributed by atoms with Crippen molar-refractivity contribution in [2.24, 2.45) is 0 Å². The van der Waals surface area contributed by atoms with Gasteiger partial charge in [0.15, 0.2) is 5.82 Å².